The number of hydrogen-bond acceptors (Lipinski definition) is 6. The maximum absolute atomic E-state index is 11.6. The van der Waals surface area contributed by atoms with Crippen LogP contribution in [0.3, 0.4) is 0 Å². The first-order valence-electron chi connectivity index (χ1n) is 6.54. The van der Waals surface area contributed by atoms with Crippen LogP contribution in [0.4, 0.5) is 0 Å². The fourth-order valence-corrected chi connectivity index (χ4v) is 4.31. The Morgan fingerprint density at radius 2 is 2.35 bits per heavy atom. The van der Waals surface area contributed by atoms with E-state index in [0.717, 1.165) is 6.42 Å². The van der Waals surface area contributed by atoms with Gasteiger partial charge >= 0.3 is 0 Å². The predicted octanol–water partition coefficient (Wildman–Crippen LogP) is 0.837. The molecule has 0 N–H and O–H groups in total. The number of aryl methyl sites for hydroxylation is 1. The summed E-state index contributed by atoms with van der Waals surface area (Å²) in [5.41, 5.74) is 0. The van der Waals surface area contributed by atoms with Crippen LogP contribution < -0.4 is 0 Å². The minimum absolute atomic E-state index is 0.0726. The first kappa shape index (κ1) is 13.3. The van der Waals surface area contributed by atoms with Crippen molar-refractivity contribution in [1.82, 2.24) is 19.7 Å². The average molecular weight is 296 g/mol. The average Bonchev–Trinajstić information content (AvgIpc) is 2.96. The van der Waals surface area contributed by atoms with Crippen LogP contribution in [0.25, 0.3) is 11.6 Å². The van der Waals surface area contributed by atoms with E-state index in [1.54, 1.807) is 17.0 Å². The number of nitrogens with zero attached hydrogens (tertiary/aromatic N) is 4. The lowest BCUT2D eigenvalue weighted by molar-refractivity contribution is 0.349. The van der Waals surface area contributed by atoms with Gasteiger partial charge in [-0.3, -0.25) is 0 Å². The maximum Gasteiger partial charge on any atom is 0.238 e. The van der Waals surface area contributed by atoms with Gasteiger partial charge in [0.2, 0.25) is 11.7 Å². The van der Waals surface area contributed by atoms with Crippen molar-refractivity contribution in [3.63, 3.8) is 0 Å². The molecular formula is C12H16N4O3S. The molecule has 0 aromatic carbocycles. The lowest BCUT2D eigenvalue weighted by atomic mass is 10.0. The van der Waals surface area contributed by atoms with Crippen LogP contribution in [0, 0.1) is 5.92 Å². The zero-order chi connectivity index (χ0) is 14.2. The van der Waals surface area contributed by atoms with Crippen LogP contribution >= 0.6 is 0 Å². The summed E-state index contributed by atoms with van der Waals surface area (Å²) in [6.45, 7) is 0. The molecule has 108 valence electrons. The fourth-order valence-electron chi connectivity index (χ4n) is 2.54. The topological polar surface area (TPSA) is 90.9 Å². The Hall–Kier alpha value is -1.70. The Kier molecular flexibility index (Phi) is 3.33. The number of hydrogen-bond donors (Lipinski definition) is 0. The predicted molar refractivity (Wildman–Crippen MR) is 71.6 cm³/mol. The summed E-state index contributed by atoms with van der Waals surface area (Å²) in [5.74, 6) is 2.13. The highest BCUT2D eigenvalue weighted by Gasteiger charge is 2.26. The molecule has 0 saturated carbocycles. The SMILES string of the molecule is Cn1ccnc1-c1noc(CC2CCCS(=O)(=O)C2)n1. The van der Waals surface area contributed by atoms with E-state index in [1.165, 1.54) is 0 Å². The van der Waals surface area contributed by atoms with Crippen LogP contribution in [0.1, 0.15) is 18.7 Å². The van der Waals surface area contributed by atoms with Crippen molar-refractivity contribution in [2.24, 2.45) is 13.0 Å². The number of aromatic nitrogens is 4. The summed E-state index contributed by atoms with van der Waals surface area (Å²) in [5, 5.41) is 3.90. The molecular weight excluding hydrogens is 280 g/mol. The first-order valence-corrected chi connectivity index (χ1v) is 8.36. The second kappa shape index (κ2) is 5.01. The van der Waals surface area contributed by atoms with Gasteiger partial charge in [0.15, 0.2) is 15.7 Å². The molecule has 1 unspecified atom stereocenters. The summed E-state index contributed by atoms with van der Waals surface area (Å²) in [4.78, 5) is 8.45. The standard InChI is InChI=1S/C12H16N4O3S/c1-16-5-4-13-12(16)11-14-10(19-15-11)7-9-3-2-6-20(17,18)8-9/h4-5,9H,2-3,6-8H2,1H3. The number of sulfone groups is 1. The smallest absolute Gasteiger partial charge is 0.238 e. The fraction of sp³-hybridized carbons (Fsp3) is 0.583. The highest BCUT2D eigenvalue weighted by Crippen LogP contribution is 2.22. The normalized spacial score (nSPS) is 21.9. The number of rotatable bonds is 3. The van der Waals surface area contributed by atoms with Gasteiger partial charge in [0, 0.05) is 25.9 Å². The van der Waals surface area contributed by atoms with Crippen LogP contribution in [0.2, 0.25) is 0 Å². The van der Waals surface area contributed by atoms with E-state index in [0.29, 0.717) is 36.1 Å². The molecule has 0 aliphatic carbocycles. The minimum Gasteiger partial charge on any atom is -0.339 e. The molecule has 0 bridgehead atoms. The van der Waals surface area contributed by atoms with Crippen molar-refractivity contribution in [1.29, 1.82) is 0 Å². The Labute approximate surface area is 116 Å². The summed E-state index contributed by atoms with van der Waals surface area (Å²) in [7, 11) is -1.05. The monoisotopic (exact) mass is 296 g/mol. The van der Waals surface area contributed by atoms with E-state index in [-0.39, 0.29) is 11.7 Å². The molecule has 3 rings (SSSR count). The van der Waals surface area contributed by atoms with Gasteiger partial charge < -0.3 is 9.09 Å². The highest BCUT2D eigenvalue weighted by atomic mass is 32.2. The Balaban J connectivity index is 1.73. The van der Waals surface area contributed by atoms with Gasteiger partial charge in [0.1, 0.15) is 0 Å². The summed E-state index contributed by atoms with van der Waals surface area (Å²) < 4.78 is 30.2. The van der Waals surface area contributed by atoms with Crippen molar-refractivity contribution in [3.05, 3.63) is 18.3 Å². The molecule has 0 amide bonds. The van der Waals surface area contributed by atoms with Gasteiger partial charge in [-0.1, -0.05) is 5.16 Å². The molecule has 1 aliphatic rings. The van der Waals surface area contributed by atoms with Gasteiger partial charge in [0.25, 0.3) is 0 Å². The van der Waals surface area contributed by atoms with Gasteiger partial charge in [-0.15, -0.1) is 0 Å². The summed E-state index contributed by atoms with van der Waals surface area (Å²) in [6.07, 6.45) is 5.58. The van der Waals surface area contributed by atoms with Crippen molar-refractivity contribution in [2.45, 2.75) is 19.3 Å². The molecule has 1 aliphatic heterocycles. The van der Waals surface area contributed by atoms with Gasteiger partial charge in [-0.05, 0) is 18.8 Å². The van der Waals surface area contributed by atoms with E-state index in [2.05, 4.69) is 15.1 Å². The molecule has 2 aromatic heterocycles. The maximum atomic E-state index is 11.6. The Bertz CT molecular complexity index is 704. The zero-order valence-electron chi connectivity index (χ0n) is 11.2. The first-order chi connectivity index (χ1) is 9.53. The molecule has 3 heterocycles. The third-order valence-corrected chi connectivity index (χ3v) is 5.40. The van der Waals surface area contributed by atoms with E-state index < -0.39 is 9.84 Å². The van der Waals surface area contributed by atoms with Crippen molar-refractivity contribution in [2.75, 3.05) is 11.5 Å². The molecule has 1 atom stereocenters. The van der Waals surface area contributed by atoms with E-state index in [4.69, 9.17) is 4.52 Å². The minimum atomic E-state index is -2.90. The van der Waals surface area contributed by atoms with E-state index >= 15 is 0 Å². The molecule has 1 saturated heterocycles. The van der Waals surface area contributed by atoms with Crippen LogP contribution in [-0.4, -0.2) is 39.6 Å². The van der Waals surface area contributed by atoms with Crippen molar-refractivity contribution >= 4 is 9.84 Å². The quantitative estimate of drug-likeness (QED) is 0.833. The highest BCUT2D eigenvalue weighted by molar-refractivity contribution is 7.91. The van der Waals surface area contributed by atoms with E-state index in [9.17, 15) is 8.42 Å². The molecule has 2 aromatic rings. The Morgan fingerprint density at radius 1 is 1.50 bits per heavy atom. The molecule has 8 heteroatoms. The van der Waals surface area contributed by atoms with Gasteiger partial charge in [-0.2, -0.15) is 4.98 Å². The largest absolute Gasteiger partial charge is 0.339 e. The lowest BCUT2D eigenvalue weighted by Crippen LogP contribution is -2.26. The third-order valence-electron chi connectivity index (χ3n) is 3.51. The van der Waals surface area contributed by atoms with E-state index in [1.807, 2.05) is 7.05 Å². The zero-order valence-corrected chi connectivity index (χ0v) is 12.0. The second-order valence-electron chi connectivity index (χ2n) is 5.20. The summed E-state index contributed by atoms with van der Waals surface area (Å²) in [6, 6.07) is 0. The molecule has 1 fully saturated rings. The van der Waals surface area contributed by atoms with Crippen LogP contribution in [0.15, 0.2) is 16.9 Å². The van der Waals surface area contributed by atoms with Crippen LogP contribution in [-0.2, 0) is 23.3 Å². The summed E-state index contributed by atoms with van der Waals surface area (Å²) >= 11 is 0. The third kappa shape index (κ3) is 2.74. The van der Waals surface area contributed by atoms with Crippen molar-refractivity contribution < 1.29 is 12.9 Å². The van der Waals surface area contributed by atoms with Gasteiger partial charge in [0.05, 0.1) is 11.5 Å². The molecule has 20 heavy (non-hydrogen) atoms. The molecule has 0 radical (unpaired) electrons. The second-order valence-corrected chi connectivity index (χ2v) is 7.43. The van der Waals surface area contributed by atoms with Gasteiger partial charge in [-0.25, -0.2) is 13.4 Å². The Morgan fingerprint density at radius 3 is 3.05 bits per heavy atom. The number of imidazole rings is 1. The molecule has 7 nitrogen and oxygen atoms in total. The molecule has 0 spiro atoms. The lowest BCUT2D eigenvalue weighted by Gasteiger charge is -2.19. The van der Waals surface area contributed by atoms with Crippen molar-refractivity contribution in [3.8, 4) is 11.6 Å². The van der Waals surface area contributed by atoms with Crippen LogP contribution in [0.5, 0.6) is 0 Å².